The number of benzene rings is 2. The Morgan fingerprint density at radius 3 is 2.12 bits per heavy atom. The molecule has 1 aliphatic heterocycles. The molecule has 0 spiro atoms. The molecule has 3 rings (SSSR count). The van der Waals surface area contributed by atoms with Gasteiger partial charge in [0.1, 0.15) is 5.60 Å². The third-order valence-electron chi connectivity index (χ3n) is 4.31. The van der Waals surface area contributed by atoms with Crippen molar-refractivity contribution in [1.29, 1.82) is 0 Å². The van der Waals surface area contributed by atoms with Gasteiger partial charge in [-0.15, -0.1) is 0 Å². The highest BCUT2D eigenvalue weighted by Gasteiger charge is 2.19. The van der Waals surface area contributed by atoms with E-state index < -0.39 is 5.60 Å². The fourth-order valence-corrected chi connectivity index (χ4v) is 3.08. The average Bonchev–Trinajstić information content (AvgIpc) is 2.54. The topological polar surface area (TPSA) is 29.5 Å². The predicted molar refractivity (Wildman–Crippen MR) is 105 cm³/mol. The highest BCUT2D eigenvalue weighted by molar-refractivity contribution is 6.05. The molecule has 136 valence electrons. The summed E-state index contributed by atoms with van der Waals surface area (Å²) in [7, 11) is 2.19. The number of aryl methyl sites for hydroxylation is 1. The van der Waals surface area contributed by atoms with Gasteiger partial charge in [0.15, 0.2) is 0 Å². The van der Waals surface area contributed by atoms with Gasteiger partial charge in [-0.1, -0.05) is 36.8 Å². The molecule has 2 aromatic carbocycles. The van der Waals surface area contributed by atoms with Crippen LogP contribution in [0.2, 0.25) is 0 Å². The Balaban J connectivity index is 0.000000269. The maximum Gasteiger partial charge on any atom is 0.339 e. The van der Waals surface area contributed by atoms with Crippen LogP contribution in [0.25, 0.3) is 10.8 Å². The molecule has 0 radical (unpaired) electrons. The first-order valence-electron chi connectivity index (χ1n) is 9.18. The summed E-state index contributed by atoms with van der Waals surface area (Å²) in [6.07, 6.45) is 4.28. The average molecular weight is 341 g/mol. The number of piperidine rings is 1. The Bertz CT molecular complexity index is 704. The molecule has 0 bridgehead atoms. The van der Waals surface area contributed by atoms with Crippen molar-refractivity contribution in [2.24, 2.45) is 0 Å². The first-order valence-corrected chi connectivity index (χ1v) is 9.18. The quantitative estimate of drug-likeness (QED) is 0.667. The molecule has 1 fully saturated rings. The van der Waals surface area contributed by atoms with Crippen molar-refractivity contribution in [2.75, 3.05) is 20.1 Å². The Labute approximate surface area is 152 Å². The molecule has 0 aliphatic carbocycles. The summed E-state index contributed by atoms with van der Waals surface area (Å²) >= 11 is 0. The molecule has 3 heteroatoms. The van der Waals surface area contributed by atoms with Crippen LogP contribution in [0, 0.1) is 6.92 Å². The Morgan fingerprint density at radius 2 is 1.60 bits per heavy atom. The zero-order valence-electron chi connectivity index (χ0n) is 16.3. The normalized spacial score (nSPS) is 15.4. The van der Waals surface area contributed by atoms with Crippen molar-refractivity contribution < 1.29 is 9.53 Å². The molecule has 1 heterocycles. The molecule has 1 aliphatic rings. The fraction of sp³-hybridized carbons (Fsp3) is 0.500. The summed E-state index contributed by atoms with van der Waals surface area (Å²) in [6.45, 7) is 10.3. The van der Waals surface area contributed by atoms with Crippen LogP contribution in [0.15, 0.2) is 36.4 Å². The number of carbonyl (C=O) groups is 1. The molecule has 0 N–H and O–H groups in total. The maximum absolute atomic E-state index is 12.2. The van der Waals surface area contributed by atoms with Gasteiger partial charge >= 0.3 is 5.97 Å². The second-order valence-corrected chi connectivity index (χ2v) is 7.84. The van der Waals surface area contributed by atoms with Crippen molar-refractivity contribution in [3.63, 3.8) is 0 Å². The van der Waals surface area contributed by atoms with Gasteiger partial charge < -0.3 is 9.64 Å². The van der Waals surface area contributed by atoms with E-state index in [1.807, 2.05) is 64.1 Å². The zero-order chi connectivity index (χ0) is 18.4. The number of ether oxygens (including phenoxy) is 1. The maximum atomic E-state index is 12.2. The first kappa shape index (κ1) is 19.5. The number of esters is 1. The number of nitrogens with zero attached hydrogens (tertiary/aromatic N) is 1. The lowest BCUT2D eigenvalue weighted by molar-refractivity contribution is 0.00718. The van der Waals surface area contributed by atoms with Crippen molar-refractivity contribution in [3.05, 3.63) is 47.5 Å². The van der Waals surface area contributed by atoms with E-state index in [1.165, 1.54) is 32.4 Å². The first-order chi connectivity index (χ1) is 11.8. The summed E-state index contributed by atoms with van der Waals surface area (Å²) < 4.78 is 5.45. The van der Waals surface area contributed by atoms with Gasteiger partial charge in [-0.25, -0.2) is 4.79 Å². The van der Waals surface area contributed by atoms with Crippen LogP contribution >= 0.6 is 0 Å². The molecule has 0 unspecified atom stereocenters. The third-order valence-corrected chi connectivity index (χ3v) is 4.31. The molecular weight excluding hydrogens is 310 g/mol. The van der Waals surface area contributed by atoms with Gasteiger partial charge in [0, 0.05) is 0 Å². The van der Waals surface area contributed by atoms with Crippen LogP contribution in [-0.2, 0) is 4.74 Å². The van der Waals surface area contributed by atoms with E-state index in [2.05, 4.69) is 11.9 Å². The van der Waals surface area contributed by atoms with Gasteiger partial charge in [-0.2, -0.15) is 0 Å². The zero-order valence-corrected chi connectivity index (χ0v) is 16.3. The molecule has 0 amide bonds. The number of hydrogen-bond acceptors (Lipinski definition) is 3. The number of carbonyl (C=O) groups excluding carboxylic acids is 1. The standard InChI is InChI=1S/C16H18O2.C6H13N/c1-11-7-5-8-12-9-6-10-13(14(11)12)15(17)18-16(2,3)4;1-7-5-3-2-4-6-7/h5-10H,1-4H3;2-6H2,1H3. The number of fused-ring (bicyclic) bond motifs is 1. The Hall–Kier alpha value is -1.87. The van der Waals surface area contributed by atoms with Crippen molar-refractivity contribution >= 4 is 16.7 Å². The van der Waals surface area contributed by atoms with E-state index in [4.69, 9.17) is 4.74 Å². The van der Waals surface area contributed by atoms with E-state index in [0.717, 1.165) is 16.3 Å². The highest BCUT2D eigenvalue weighted by atomic mass is 16.6. The van der Waals surface area contributed by atoms with Crippen LogP contribution in [0.3, 0.4) is 0 Å². The van der Waals surface area contributed by atoms with Crippen LogP contribution in [-0.4, -0.2) is 36.6 Å². The second-order valence-electron chi connectivity index (χ2n) is 7.84. The third kappa shape index (κ3) is 5.86. The molecule has 0 saturated carbocycles. The number of rotatable bonds is 1. The Morgan fingerprint density at radius 1 is 1.00 bits per heavy atom. The summed E-state index contributed by atoms with van der Waals surface area (Å²) in [5.41, 5.74) is 1.26. The largest absolute Gasteiger partial charge is 0.456 e. The minimum Gasteiger partial charge on any atom is -0.456 e. The van der Waals surface area contributed by atoms with Gasteiger partial charge in [-0.3, -0.25) is 0 Å². The fourth-order valence-electron chi connectivity index (χ4n) is 3.08. The smallest absolute Gasteiger partial charge is 0.339 e. The van der Waals surface area contributed by atoms with E-state index in [9.17, 15) is 4.79 Å². The van der Waals surface area contributed by atoms with E-state index in [-0.39, 0.29) is 5.97 Å². The van der Waals surface area contributed by atoms with Crippen molar-refractivity contribution in [3.8, 4) is 0 Å². The molecule has 3 nitrogen and oxygen atoms in total. The van der Waals surface area contributed by atoms with Crippen LogP contribution < -0.4 is 0 Å². The molecule has 0 atom stereocenters. The lowest BCUT2D eigenvalue weighted by atomic mass is 10.00. The summed E-state index contributed by atoms with van der Waals surface area (Å²) in [6, 6.07) is 11.7. The number of likely N-dealkylation sites (tertiary alicyclic amines) is 1. The molecule has 1 saturated heterocycles. The molecule has 2 aromatic rings. The van der Waals surface area contributed by atoms with Crippen molar-refractivity contribution in [2.45, 2.75) is 52.6 Å². The minimum absolute atomic E-state index is 0.262. The monoisotopic (exact) mass is 341 g/mol. The van der Waals surface area contributed by atoms with Crippen LogP contribution in [0.4, 0.5) is 0 Å². The summed E-state index contributed by atoms with van der Waals surface area (Å²) in [4.78, 5) is 14.6. The lowest BCUT2D eigenvalue weighted by Crippen LogP contribution is -2.24. The van der Waals surface area contributed by atoms with Crippen LogP contribution in [0.1, 0.15) is 56.0 Å². The molecule has 0 aromatic heterocycles. The predicted octanol–water partition coefficient (Wildman–Crippen LogP) is 5.21. The van der Waals surface area contributed by atoms with Gasteiger partial charge in [0.2, 0.25) is 0 Å². The SMILES string of the molecule is CN1CCCCC1.Cc1cccc2cccc(C(=O)OC(C)(C)C)c12. The Kier molecular flexibility index (Phi) is 6.60. The second kappa shape index (κ2) is 8.48. The minimum atomic E-state index is -0.470. The van der Waals surface area contributed by atoms with Gasteiger partial charge in [0.25, 0.3) is 0 Å². The lowest BCUT2D eigenvalue weighted by Gasteiger charge is -2.20. The summed E-state index contributed by atoms with van der Waals surface area (Å²) in [5.74, 6) is -0.262. The molecule has 25 heavy (non-hydrogen) atoms. The van der Waals surface area contributed by atoms with E-state index in [1.54, 1.807) is 0 Å². The van der Waals surface area contributed by atoms with Gasteiger partial charge in [-0.05, 0) is 83.1 Å². The number of hydrogen-bond donors (Lipinski definition) is 0. The van der Waals surface area contributed by atoms with Crippen LogP contribution in [0.5, 0.6) is 0 Å². The van der Waals surface area contributed by atoms with E-state index in [0.29, 0.717) is 5.56 Å². The van der Waals surface area contributed by atoms with E-state index >= 15 is 0 Å². The highest BCUT2D eigenvalue weighted by Crippen LogP contribution is 2.24. The molecular formula is C22H31NO2. The van der Waals surface area contributed by atoms with Crippen molar-refractivity contribution in [1.82, 2.24) is 4.90 Å². The van der Waals surface area contributed by atoms with Gasteiger partial charge in [0.05, 0.1) is 5.56 Å². The summed E-state index contributed by atoms with van der Waals surface area (Å²) in [5, 5.41) is 2.05.